The van der Waals surface area contributed by atoms with Crippen molar-refractivity contribution in [3.8, 4) is 17.5 Å². The molecule has 0 bridgehead atoms. The number of hydrogen-bond acceptors (Lipinski definition) is 4. The molecule has 1 saturated carbocycles. The molecule has 1 fully saturated rings. The van der Waals surface area contributed by atoms with E-state index in [1.54, 1.807) is 11.6 Å². The summed E-state index contributed by atoms with van der Waals surface area (Å²) in [6.45, 7) is 0. The van der Waals surface area contributed by atoms with Gasteiger partial charge in [-0.2, -0.15) is 5.26 Å². The Balaban J connectivity index is 1.94. The molecule has 0 unspecified atom stereocenters. The number of Topliss-reactive ketones (excluding diaryl/α,β-unsaturated/α-hetero) is 1. The molecule has 0 spiro atoms. The van der Waals surface area contributed by atoms with Crippen molar-refractivity contribution >= 4 is 5.78 Å². The molecule has 0 N–H and O–H groups in total. The van der Waals surface area contributed by atoms with Crippen LogP contribution in [0.15, 0.2) is 30.3 Å². The van der Waals surface area contributed by atoms with Crippen LogP contribution in [0.3, 0.4) is 0 Å². The molecule has 2 aromatic rings. The Kier molecular flexibility index (Phi) is 3.53. The van der Waals surface area contributed by atoms with Crippen LogP contribution in [0.5, 0.6) is 0 Å². The van der Waals surface area contributed by atoms with Crippen LogP contribution in [0.2, 0.25) is 0 Å². The summed E-state index contributed by atoms with van der Waals surface area (Å²) < 4.78 is 1.75. The normalized spacial score (nSPS) is 16.0. The van der Waals surface area contributed by atoms with Gasteiger partial charge in [0, 0.05) is 18.5 Å². The van der Waals surface area contributed by atoms with Gasteiger partial charge in [-0.05, 0) is 12.8 Å². The van der Waals surface area contributed by atoms with Crippen LogP contribution in [-0.2, 0) is 11.8 Å². The zero-order valence-corrected chi connectivity index (χ0v) is 11.9. The van der Waals surface area contributed by atoms with Crippen LogP contribution >= 0.6 is 0 Å². The maximum atomic E-state index is 12.4. The standard InChI is InChI=1S/C16H16N4O/c1-20-15(12-6-3-2-4-7-12)18-19-16(20)13(10-17)14(21)11-8-5-9-11/h2-4,6-7,11,13H,5,8-9H2,1H3/t13-/m1/s1. The molecular weight excluding hydrogens is 264 g/mol. The van der Waals surface area contributed by atoms with Crippen molar-refractivity contribution in [2.24, 2.45) is 13.0 Å². The third-order valence-corrected chi connectivity index (χ3v) is 4.12. The molecule has 5 nitrogen and oxygen atoms in total. The third-order valence-electron chi connectivity index (χ3n) is 4.12. The molecule has 0 saturated heterocycles. The van der Waals surface area contributed by atoms with Gasteiger partial charge in [0.05, 0.1) is 6.07 Å². The summed E-state index contributed by atoms with van der Waals surface area (Å²) in [7, 11) is 1.80. The monoisotopic (exact) mass is 280 g/mol. The minimum absolute atomic E-state index is 0.0149. The average molecular weight is 280 g/mol. The Hall–Kier alpha value is -2.48. The fraction of sp³-hybridized carbons (Fsp3) is 0.375. The molecule has 1 aliphatic rings. The van der Waals surface area contributed by atoms with E-state index in [1.165, 1.54) is 0 Å². The van der Waals surface area contributed by atoms with Gasteiger partial charge >= 0.3 is 0 Å². The number of carbonyl (C=O) groups is 1. The van der Waals surface area contributed by atoms with Crippen LogP contribution in [0.1, 0.15) is 31.0 Å². The molecule has 0 radical (unpaired) electrons. The molecule has 21 heavy (non-hydrogen) atoms. The Morgan fingerprint density at radius 2 is 2.05 bits per heavy atom. The smallest absolute Gasteiger partial charge is 0.165 e. The molecule has 106 valence electrons. The molecule has 1 aromatic heterocycles. The van der Waals surface area contributed by atoms with Crippen molar-refractivity contribution in [3.05, 3.63) is 36.2 Å². The van der Waals surface area contributed by atoms with E-state index in [2.05, 4.69) is 16.3 Å². The molecule has 5 heteroatoms. The summed E-state index contributed by atoms with van der Waals surface area (Å²) in [5.74, 6) is 0.302. The minimum atomic E-state index is -0.815. The number of carbonyl (C=O) groups excluding carboxylic acids is 1. The molecule has 1 heterocycles. The number of hydrogen-bond donors (Lipinski definition) is 0. The Morgan fingerprint density at radius 3 is 2.62 bits per heavy atom. The van der Waals surface area contributed by atoms with E-state index in [0.717, 1.165) is 24.8 Å². The fourth-order valence-corrected chi connectivity index (χ4v) is 2.61. The van der Waals surface area contributed by atoms with Crippen molar-refractivity contribution in [1.29, 1.82) is 5.26 Å². The van der Waals surface area contributed by atoms with E-state index in [-0.39, 0.29) is 11.7 Å². The van der Waals surface area contributed by atoms with Gasteiger partial charge in [0.2, 0.25) is 0 Å². The molecule has 0 aliphatic heterocycles. The Labute approximate surface area is 123 Å². The third kappa shape index (κ3) is 2.33. The lowest BCUT2D eigenvalue weighted by atomic mass is 9.78. The zero-order valence-electron chi connectivity index (χ0n) is 11.9. The van der Waals surface area contributed by atoms with E-state index in [9.17, 15) is 10.1 Å². The predicted molar refractivity (Wildman–Crippen MR) is 77.1 cm³/mol. The highest BCUT2D eigenvalue weighted by atomic mass is 16.1. The molecule has 0 amide bonds. The Bertz CT molecular complexity index is 695. The van der Waals surface area contributed by atoms with Gasteiger partial charge in [0.1, 0.15) is 0 Å². The SMILES string of the molecule is Cn1c(-c2ccccc2)nnc1[C@H](C#N)C(=O)C1CCC1. The topological polar surface area (TPSA) is 71.6 Å². The highest BCUT2D eigenvalue weighted by molar-refractivity contribution is 5.90. The molecule has 1 atom stereocenters. The largest absolute Gasteiger partial charge is 0.313 e. The maximum Gasteiger partial charge on any atom is 0.165 e. The number of benzene rings is 1. The lowest BCUT2D eigenvalue weighted by molar-refractivity contribution is -0.125. The number of nitriles is 1. The average Bonchev–Trinajstić information content (AvgIpc) is 2.81. The first-order valence-corrected chi connectivity index (χ1v) is 7.10. The first kappa shape index (κ1) is 13.5. The van der Waals surface area contributed by atoms with Crippen LogP contribution in [-0.4, -0.2) is 20.5 Å². The summed E-state index contributed by atoms with van der Waals surface area (Å²) in [5, 5.41) is 17.6. The lowest BCUT2D eigenvalue weighted by Gasteiger charge is -2.25. The van der Waals surface area contributed by atoms with E-state index >= 15 is 0 Å². The Morgan fingerprint density at radius 1 is 1.33 bits per heavy atom. The number of nitrogens with zero attached hydrogens (tertiary/aromatic N) is 4. The molecule has 1 aromatic carbocycles. The van der Waals surface area contributed by atoms with Gasteiger partial charge in [0.25, 0.3) is 0 Å². The first-order chi connectivity index (χ1) is 10.2. The fourth-order valence-electron chi connectivity index (χ4n) is 2.61. The van der Waals surface area contributed by atoms with Crippen LogP contribution in [0.25, 0.3) is 11.4 Å². The number of aromatic nitrogens is 3. The van der Waals surface area contributed by atoms with Crippen molar-refractivity contribution in [2.75, 3.05) is 0 Å². The molecule has 3 rings (SSSR count). The summed E-state index contributed by atoms with van der Waals surface area (Å²) >= 11 is 0. The molecule has 1 aliphatic carbocycles. The van der Waals surface area contributed by atoms with Crippen molar-refractivity contribution in [1.82, 2.24) is 14.8 Å². The second kappa shape index (κ2) is 5.49. The van der Waals surface area contributed by atoms with Gasteiger partial charge in [-0.1, -0.05) is 36.8 Å². The van der Waals surface area contributed by atoms with Crippen LogP contribution in [0.4, 0.5) is 0 Å². The van der Waals surface area contributed by atoms with Crippen LogP contribution < -0.4 is 0 Å². The van der Waals surface area contributed by atoms with E-state index in [4.69, 9.17) is 0 Å². The summed E-state index contributed by atoms with van der Waals surface area (Å²) in [6, 6.07) is 11.7. The van der Waals surface area contributed by atoms with Crippen molar-refractivity contribution < 1.29 is 4.79 Å². The van der Waals surface area contributed by atoms with Gasteiger partial charge in [-0.25, -0.2) is 0 Å². The lowest BCUT2D eigenvalue weighted by Crippen LogP contribution is -2.28. The van der Waals surface area contributed by atoms with Crippen molar-refractivity contribution in [3.63, 3.8) is 0 Å². The predicted octanol–water partition coefficient (Wildman–Crippen LogP) is 2.46. The van der Waals surface area contributed by atoms with Gasteiger partial charge in [-0.3, -0.25) is 4.79 Å². The number of rotatable bonds is 4. The number of ketones is 1. The highest BCUT2D eigenvalue weighted by Gasteiger charge is 2.35. The summed E-state index contributed by atoms with van der Waals surface area (Å²) in [5.41, 5.74) is 0.923. The zero-order chi connectivity index (χ0) is 14.8. The van der Waals surface area contributed by atoms with E-state index < -0.39 is 5.92 Å². The van der Waals surface area contributed by atoms with Crippen LogP contribution in [0, 0.1) is 17.2 Å². The minimum Gasteiger partial charge on any atom is -0.313 e. The quantitative estimate of drug-likeness (QED) is 0.862. The second-order valence-corrected chi connectivity index (χ2v) is 5.40. The highest BCUT2D eigenvalue weighted by Crippen LogP contribution is 2.32. The maximum absolute atomic E-state index is 12.4. The summed E-state index contributed by atoms with van der Waals surface area (Å²) in [4.78, 5) is 12.4. The van der Waals surface area contributed by atoms with E-state index in [1.807, 2.05) is 30.3 Å². The van der Waals surface area contributed by atoms with Gasteiger partial charge in [0.15, 0.2) is 23.3 Å². The first-order valence-electron chi connectivity index (χ1n) is 7.10. The van der Waals surface area contributed by atoms with Gasteiger partial charge < -0.3 is 4.57 Å². The summed E-state index contributed by atoms with van der Waals surface area (Å²) in [6.07, 6.45) is 2.85. The van der Waals surface area contributed by atoms with Crippen molar-refractivity contribution in [2.45, 2.75) is 25.2 Å². The second-order valence-electron chi connectivity index (χ2n) is 5.40. The van der Waals surface area contributed by atoms with E-state index in [0.29, 0.717) is 11.6 Å². The molecular formula is C16H16N4O. The van der Waals surface area contributed by atoms with Gasteiger partial charge in [-0.15, -0.1) is 10.2 Å².